The first kappa shape index (κ1) is 17.7. The van der Waals surface area contributed by atoms with Crippen LogP contribution >= 0.6 is 11.8 Å². The Hall–Kier alpha value is -2.68. The lowest BCUT2D eigenvalue weighted by Crippen LogP contribution is -2.19. The summed E-state index contributed by atoms with van der Waals surface area (Å²) in [6.07, 6.45) is 0. The van der Waals surface area contributed by atoms with E-state index < -0.39 is 11.7 Å². The Balaban J connectivity index is 2.04. The second-order valence-corrected chi connectivity index (χ2v) is 5.60. The maximum atomic E-state index is 12.1. The van der Waals surface area contributed by atoms with E-state index in [-0.39, 0.29) is 23.8 Å². The average molecular weight is 348 g/mol. The molecule has 0 bridgehead atoms. The zero-order valence-corrected chi connectivity index (χ0v) is 14.0. The number of rotatable bonds is 6. The van der Waals surface area contributed by atoms with Crippen molar-refractivity contribution in [3.05, 3.63) is 46.0 Å². The van der Waals surface area contributed by atoms with Crippen molar-refractivity contribution in [1.29, 1.82) is 0 Å². The lowest BCUT2D eigenvalue weighted by molar-refractivity contribution is -0.113. The van der Waals surface area contributed by atoms with E-state index in [1.54, 1.807) is 38.1 Å². The number of carbonyl (C=O) groups excluding carboxylic acids is 2. The molecular formula is C15H16N4O4S. The fourth-order valence-electron chi connectivity index (χ4n) is 1.81. The smallest absolute Gasteiger partial charge is 0.362 e. The highest BCUT2D eigenvalue weighted by atomic mass is 32.2. The van der Waals surface area contributed by atoms with E-state index in [0.717, 1.165) is 11.8 Å². The van der Waals surface area contributed by atoms with E-state index >= 15 is 0 Å². The van der Waals surface area contributed by atoms with E-state index in [1.807, 2.05) is 0 Å². The number of para-hydroxylation sites is 1. The Morgan fingerprint density at radius 1 is 1.33 bits per heavy atom. The number of benzene rings is 1. The van der Waals surface area contributed by atoms with Gasteiger partial charge in [-0.2, -0.15) is 10.1 Å². The minimum absolute atomic E-state index is 0.0239. The van der Waals surface area contributed by atoms with Gasteiger partial charge in [0.25, 0.3) is 0 Å². The third-order valence-corrected chi connectivity index (χ3v) is 3.93. The van der Waals surface area contributed by atoms with Crippen molar-refractivity contribution in [2.75, 3.05) is 17.7 Å². The van der Waals surface area contributed by atoms with Crippen LogP contribution in [-0.2, 0) is 9.53 Å². The van der Waals surface area contributed by atoms with Crippen molar-refractivity contribution in [2.45, 2.75) is 18.9 Å². The van der Waals surface area contributed by atoms with Gasteiger partial charge in [0.2, 0.25) is 5.91 Å². The van der Waals surface area contributed by atoms with Crippen LogP contribution in [0.15, 0.2) is 34.1 Å². The first-order chi connectivity index (χ1) is 11.5. The number of carbonyl (C=O) groups is 2. The molecule has 0 aliphatic carbocycles. The maximum Gasteiger partial charge on any atom is 0.362 e. The standard InChI is InChI=1S/C15H16N4O4S/c1-3-23-14(21)10-6-4-5-7-11(10)16-12(20)8-24-13-9(2)18-19-15(22)17-13/h4-7H,3,8H2,1-2H3,(H,16,20)(H,17,19,22). The van der Waals surface area contributed by atoms with Crippen LogP contribution in [0, 0.1) is 6.92 Å². The Morgan fingerprint density at radius 3 is 2.83 bits per heavy atom. The number of aryl methyl sites for hydroxylation is 1. The van der Waals surface area contributed by atoms with Gasteiger partial charge in [-0.15, -0.1) is 0 Å². The van der Waals surface area contributed by atoms with Crippen LogP contribution in [-0.4, -0.2) is 39.4 Å². The van der Waals surface area contributed by atoms with Crippen LogP contribution in [0.3, 0.4) is 0 Å². The van der Waals surface area contributed by atoms with Crippen molar-refractivity contribution < 1.29 is 14.3 Å². The van der Waals surface area contributed by atoms with Crippen molar-refractivity contribution in [1.82, 2.24) is 15.2 Å². The highest BCUT2D eigenvalue weighted by molar-refractivity contribution is 8.00. The molecule has 0 saturated carbocycles. The molecule has 2 rings (SSSR count). The molecule has 9 heteroatoms. The highest BCUT2D eigenvalue weighted by Crippen LogP contribution is 2.19. The summed E-state index contributed by atoms with van der Waals surface area (Å²) in [4.78, 5) is 38.9. The molecule has 0 unspecified atom stereocenters. The van der Waals surface area contributed by atoms with Gasteiger partial charge in [-0.1, -0.05) is 23.9 Å². The largest absolute Gasteiger partial charge is 0.462 e. The Bertz CT molecular complexity index is 806. The van der Waals surface area contributed by atoms with Crippen molar-refractivity contribution >= 4 is 29.3 Å². The van der Waals surface area contributed by atoms with Gasteiger partial charge < -0.3 is 10.1 Å². The zero-order chi connectivity index (χ0) is 17.5. The first-order valence-electron chi connectivity index (χ1n) is 7.13. The number of anilines is 1. The zero-order valence-electron chi connectivity index (χ0n) is 13.2. The molecule has 126 valence electrons. The van der Waals surface area contributed by atoms with Crippen LogP contribution in [0.2, 0.25) is 0 Å². The summed E-state index contributed by atoms with van der Waals surface area (Å²) in [5.41, 5.74) is 0.607. The number of amides is 1. The van der Waals surface area contributed by atoms with Gasteiger partial charge in [0.15, 0.2) is 0 Å². The molecule has 2 aromatic rings. The molecule has 1 amide bonds. The van der Waals surface area contributed by atoms with Crippen LogP contribution in [0.5, 0.6) is 0 Å². The van der Waals surface area contributed by atoms with Gasteiger partial charge in [-0.25, -0.2) is 14.7 Å². The molecule has 24 heavy (non-hydrogen) atoms. The van der Waals surface area contributed by atoms with Crippen LogP contribution in [0.25, 0.3) is 0 Å². The molecule has 2 N–H and O–H groups in total. The van der Waals surface area contributed by atoms with Crippen LogP contribution in [0.4, 0.5) is 5.69 Å². The number of esters is 1. The second-order valence-electron chi connectivity index (χ2n) is 4.63. The number of aromatic amines is 1. The fourth-order valence-corrected chi connectivity index (χ4v) is 2.56. The number of aromatic nitrogens is 3. The Labute approximate surface area is 142 Å². The van der Waals surface area contributed by atoms with Gasteiger partial charge in [0.05, 0.1) is 29.3 Å². The lowest BCUT2D eigenvalue weighted by atomic mass is 10.2. The molecule has 0 atom stereocenters. The quantitative estimate of drug-likeness (QED) is 0.599. The van der Waals surface area contributed by atoms with Crippen LogP contribution in [0.1, 0.15) is 23.0 Å². The monoisotopic (exact) mass is 348 g/mol. The summed E-state index contributed by atoms with van der Waals surface area (Å²) < 4.78 is 4.96. The van der Waals surface area contributed by atoms with Crippen molar-refractivity contribution in [2.24, 2.45) is 0 Å². The summed E-state index contributed by atoms with van der Waals surface area (Å²) >= 11 is 1.09. The van der Waals surface area contributed by atoms with E-state index in [0.29, 0.717) is 16.4 Å². The van der Waals surface area contributed by atoms with E-state index in [9.17, 15) is 14.4 Å². The predicted molar refractivity (Wildman–Crippen MR) is 89.1 cm³/mol. The Morgan fingerprint density at radius 2 is 2.08 bits per heavy atom. The summed E-state index contributed by atoms with van der Waals surface area (Å²) in [5.74, 6) is -0.813. The summed E-state index contributed by atoms with van der Waals surface area (Å²) in [6.45, 7) is 3.64. The first-order valence-corrected chi connectivity index (χ1v) is 8.12. The predicted octanol–water partition coefficient (Wildman–Crippen LogP) is 1.38. The number of thioether (sulfide) groups is 1. The van der Waals surface area contributed by atoms with Gasteiger partial charge in [-0.3, -0.25) is 4.79 Å². The maximum absolute atomic E-state index is 12.1. The molecule has 1 aromatic carbocycles. The van der Waals surface area contributed by atoms with Crippen molar-refractivity contribution in [3.63, 3.8) is 0 Å². The summed E-state index contributed by atoms with van der Waals surface area (Å²) in [5, 5.41) is 9.04. The van der Waals surface area contributed by atoms with Gasteiger partial charge in [0, 0.05) is 0 Å². The topological polar surface area (TPSA) is 114 Å². The van der Waals surface area contributed by atoms with Gasteiger partial charge in [-0.05, 0) is 26.0 Å². The number of hydrogen-bond donors (Lipinski definition) is 2. The second kappa shape index (κ2) is 8.25. The molecule has 0 spiro atoms. The van der Waals surface area contributed by atoms with Gasteiger partial charge >= 0.3 is 11.7 Å². The molecule has 0 saturated heterocycles. The highest BCUT2D eigenvalue weighted by Gasteiger charge is 2.14. The normalized spacial score (nSPS) is 10.2. The van der Waals surface area contributed by atoms with Crippen molar-refractivity contribution in [3.8, 4) is 0 Å². The number of nitrogens with zero attached hydrogens (tertiary/aromatic N) is 2. The molecule has 0 fully saturated rings. The van der Waals surface area contributed by atoms with Gasteiger partial charge in [0.1, 0.15) is 5.03 Å². The fraction of sp³-hybridized carbons (Fsp3) is 0.267. The minimum Gasteiger partial charge on any atom is -0.462 e. The molecule has 0 aliphatic heterocycles. The van der Waals surface area contributed by atoms with E-state index in [2.05, 4.69) is 20.5 Å². The molecule has 1 heterocycles. The average Bonchev–Trinajstić information content (AvgIpc) is 2.56. The lowest BCUT2D eigenvalue weighted by Gasteiger charge is -2.10. The number of ether oxygens (including phenoxy) is 1. The molecular weight excluding hydrogens is 332 g/mol. The molecule has 8 nitrogen and oxygen atoms in total. The van der Waals surface area contributed by atoms with E-state index in [4.69, 9.17) is 4.74 Å². The molecule has 0 radical (unpaired) electrons. The van der Waals surface area contributed by atoms with E-state index in [1.165, 1.54) is 0 Å². The molecule has 0 aliphatic rings. The minimum atomic E-state index is -0.573. The summed E-state index contributed by atoms with van der Waals surface area (Å²) in [6, 6.07) is 6.59. The Kier molecular flexibility index (Phi) is 6.07. The third kappa shape index (κ3) is 4.66. The number of H-pyrrole nitrogens is 1. The summed E-state index contributed by atoms with van der Waals surface area (Å²) in [7, 11) is 0. The molecule has 1 aromatic heterocycles. The number of nitrogens with one attached hydrogen (secondary N) is 2. The van der Waals surface area contributed by atoms with Crippen LogP contribution < -0.4 is 11.0 Å². The third-order valence-electron chi connectivity index (χ3n) is 2.87. The number of hydrogen-bond acceptors (Lipinski definition) is 7. The SMILES string of the molecule is CCOC(=O)c1ccccc1NC(=O)CSc1nc(=O)[nH]nc1C.